The molecular weight excluding hydrogens is 322 g/mol. The summed E-state index contributed by atoms with van der Waals surface area (Å²) in [5.74, 6) is 3.03. The molecule has 4 aliphatic carbocycles. The Morgan fingerprint density at radius 1 is 1.15 bits per heavy atom. The Kier molecular flexibility index (Phi) is 4.35. The first-order valence-corrected chi connectivity index (χ1v) is 10.6. The van der Waals surface area contributed by atoms with Crippen molar-refractivity contribution >= 4 is 5.78 Å². The van der Waals surface area contributed by atoms with Gasteiger partial charge in [0.25, 0.3) is 0 Å². The first kappa shape index (κ1) is 18.2. The number of allylic oxidation sites excluding steroid dienone is 1. The highest BCUT2D eigenvalue weighted by Gasteiger charge is 2.59. The van der Waals surface area contributed by atoms with Crippen LogP contribution in [0.25, 0.3) is 0 Å². The molecule has 4 rings (SSSR count). The number of nitrogens with zero attached hydrogens (tertiary/aromatic N) is 1. The molecule has 0 aromatic carbocycles. The molecule has 0 aliphatic heterocycles. The summed E-state index contributed by atoms with van der Waals surface area (Å²) in [6.45, 7) is 6.96. The lowest BCUT2D eigenvalue weighted by molar-refractivity contribution is -0.117. The molecule has 3 heteroatoms. The van der Waals surface area contributed by atoms with Crippen molar-refractivity contribution in [2.24, 2.45) is 40.4 Å². The summed E-state index contributed by atoms with van der Waals surface area (Å²) in [6, 6.07) is 2.07. The van der Waals surface area contributed by atoms with Gasteiger partial charge in [-0.25, -0.2) is 0 Å². The number of hydrogen-bond acceptors (Lipinski definition) is 3. The number of carbonyl (C=O) groups is 1. The fraction of sp³-hybridized carbons (Fsp3) is 0.826. The maximum atomic E-state index is 11.9. The second-order valence-corrected chi connectivity index (χ2v) is 10.1. The van der Waals surface area contributed by atoms with Gasteiger partial charge in [0.2, 0.25) is 0 Å². The predicted octanol–water partition coefficient (Wildman–Crippen LogP) is 4.66. The number of carbonyl (C=O) groups excluding carboxylic acids is 1. The Morgan fingerprint density at radius 2 is 1.92 bits per heavy atom. The summed E-state index contributed by atoms with van der Waals surface area (Å²) >= 11 is 0. The second kappa shape index (κ2) is 6.20. The van der Waals surface area contributed by atoms with Crippen molar-refractivity contribution in [2.75, 3.05) is 0 Å². The predicted molar refractivity (Wildman–Crippen MR) is 101 cm³/mol. The van der Waals surface area contributed by atoms with Crippen molar-refractivity contribution in [3.05, 3.63) is 11.6 Å². The summed E-state index contributed by atoms with van der Waals surface area (Å²) in [7, 11) is 0. The number of ketones is 1. The standard InChI is InChI=1S/C23H33NO2/c1-14(21(26)13-24)18-6-7-19-17-5-4-15-12-16(25)8-10-22(15,2)20(17)9-11-23(18,19)3/h12,14,17-21,26H,4-11H2,1-3H3/t14-,17-,18+,19-,20-,21+,22-,23+/m0/s1. The molecule has 0 saturated heterocycles. The zero-order valence-corrected chi connectivity index (χ0v) is 16.5. The smallest absolute Gasteiger partial charge is 0.155 e. The molecule has 3 saturated carbocycles. The maximum Gasteiger partial charge on any atom is 0.155 e. The van der Waals surface area contributed by atoms with Crippen LogP contribution in [0.3, 0.4) is 0 Å². The van der Waals surface area contributed by atoms with E-state index in [1.165, 1.54) is 31.3 Å². The van der Waals surface area contributed by atoms with E-state index >= 15 is 0 Å². The molecule has 1 N–H and O–H groups in total. The molecule has 0 spiro atoms. The molecule has 3 nitrogen and oxygen atoms in total. The van der Waals surface area contributed by atoms with Crippen molar-refractivity contribution in [3.63, 3.8) is 0 Å². The average molecular weight is 356 g/mol. The molecular formula is C23H33NO2. The lowest BCUT2D eigenvalue weighted by atomic mass is 9.46. The molecule has 0 radical (unpaired) electrons. The molecule has 142 valence electrons. The third kappa shape index (κ3) is 2.44. The van der Waals surface area contributed by atoms with E-state index in [0.717, 1.165) is 37.5 Å². The largest absolute Gasteiger partial charge is 0.378 e. The minimum absolute atomic E-state index is 0.0634. The third-order valence-electron chi connectivity index (χ3n) is 9.30. The van der Waals surface area contributed by atoms with Crippen LogP contribution in [-0.2, 0) is 4.79 Å². The van der Waals surface area contributed by atoms with Crippen LogP contribution in [0.1, 0.15) is 72.1 Å². The zero-order chi connectivity index (χ0) is 18.7. The quantitative estimate of drug-likeness (QED) is 0.733. The molecule has 26 heavy (non-hydrogen) atoms. The van der Waals surface area contributed by atoms with Crippen molar-refractivity contribution in [1.82, 2.24) is 0 Å². The molecule has 3 fully saturated rings. The van der Waals surface area contributed by atoms with Crippen LogP contribution in [0.15, 0.2) is 11.6 Å². The van der Waals surface area contributed by atoms with E-state index < -0.39 is 6.10 Å². The van der Waals surface area contributed by atoms with Gasteiger partial charge in [0, 0.05) is 6.42 Å². The Morgan fingerprint density at radius 3 is 2.65 bits per heavy atom. The highest BCUT2D eigenvalue weighted by atomic mass is 16.3. The molecule has 4 aliphatic rings. The van der Waals surface area contributed by atoms with Crippen LogP contribution < -0.4 is 0 Å². The van der Waals surface area contributed by atoms with Crippen LogP contribution in [0.2, 0.25) is 0 Å². The van der Waals surface area contributed by atoms with Crippen molar-refractivity contribution in [1.29, 1.82) is 5.26 Å². The number of hydrogen-bond donors (Lipinski definition) is 1. The van der Waals surface area contributed by atoms with Gasteiger partial charge in [-0.05, 0) is 91.4 Å². The van der Waals surface area contributed by atoms with E-state index in [-0.39, 0.29) is 16.7 Å². The molecule has 8 atom stereocenters. The molecule has 0 aromatic heterocycles. The van der Waals surface area contributed by atoms with E-state index in [4.69, 9.17) is 0 Å². The lowest BCUT2D eigenvalue weighted by Crippen LogP contribution is -2.51. The normalized spacial score (nSPS) is 47.0. The fourth-order valence-electron chi connectivity index (χ4n) is 7.80. The average Bonchev–Trinajstić information content (AvgIpc) is 2.98. The molecule has 0 unspecified atom stereocenters. The first-order chi connectivity index (χ1) is 12.3. The van der Waals surface area contributed by atoms with Crippen molar-refractivity contribution < 1.29 is 9.90 Å². The Balaban J connectivity index is 1.61. The first-order valence-electron chi connectivity index (χ1n) is 10.6. The maximum absolute atomic E-state index is 11.9. The zero-order valence-electron chi connectivity index (χ0n) is 16.5. The number of rotatable bonds is 2. The summed E-state index contributed by atoms with van der Waals surface area (Å²) in [6.07, 6.45) is 10.1. The SMILES string of the molecule is C[C@H]([C@H](O)C#N)[C@H]1CC[C@H]2[C@@H]3CCC4=CC(=O)CC[C@]4(C)[C@H]3CC[C@]12C. The highest BCUT2D eigenvalue weighted by Crippen LogP contribution is 2.67. The second-order valence-electron chi connectivity index (χ2n) is 10.1. The van der Waals surface area contributed by atoms with Crippen LogP contribution in [0.4, 0.5) is 0 Å². The van der Waals surface area contributed by atoms with Crippen molar-refractivity contribution in [3.8, 4) is 6.07 Å². The van der Waals surface area contributed by atoms with E-state index in [9.17, 15) is 15.2 Å². The Labute approximate surface area is 157 Å². The lowest BCUT2D eigenvalue weighted by Gasteiger charge is -2.58. The van der Waals surface area contributed by atoms with E-state index in [0.29, 0.717) is 17.6 Å². The monoisotopic (exact) mass is 355 g/mol. The van der Waals surface area contributed by atoms with Crippen LogP contribution in [0, 0.1) is 51.8 Å². The highest BCUT2D eigenvalue weighted by molar-refractivity contribution is 5.91. The van der Waals surface area contributed by atoms with Gasteiger partial charge in [-0.2, -0.15) is 5.26 Å². The van der Waals surface area contributed by atoms with E-state index in [1.807, 2.05) is 6.08 Å². The number of fused-ring (bicyclic) bond motifs is 5. The Hall–Kier alpha value is -1.14. The molecule has 0 amide bonds. The molecule has 0 heterocycles. The topological polar surface area (TPSA) is 61.1 Å². The summed E-state index contributed by atoms with van der Waals surface area (Å²) in [5.41, 5.74) is 1.93. The van der Waals surface area contributed by atoms with Gasteiger partial charge in [0.05, 0.1) is 6.07 Å². The van der Waals surface area contributed by atoms with Gasteiger partial charge in [-0.1, -0.05) is 26.3 Å². The molecule has 0 bridgehead atoms. The fourth-order valence-corrected chi connectivity index (χ4v) is 7.80. The summed E-state index contributed by atoms with van der Waals surface area (Å²) < 4.78 is 0. The number of aliphatic hydroxyl groups excluding tert-OH is 1. The van der Waals surface area contributed by atoms with Crippen LogP contribution in [-0.4, -0.2) is 17.0 Å². The number of nitriles is 1. The minimum atomic E-state index is -0.837. The van der Waals surface area contributed by atoms with Gasteiger partial charge < -0.3 is 5.11 Å². The molecule has 0 aromatic rings. The van der Waals surface area contributed by atoms with Gasteiger partial charge in [0.1, 0.15) is 6.10 Å². The third-order valence-corrected chi connectivity index (χ3v) is 9.30. The van der Waals surface area contributed by atoms with E-state index in [1.54, 1.807) is 0 Å². The van der Waals surface area contributed by atoms with Gasteiger partial charge in [-0.3, -0.25) is 4.79 Å². The van der Waals surface area contributed by atoms with Crippen LogP contribution in [0.5, 0.6) is 0 Å². The minimum Gasteiger partial charge on any atom is -0.378 e. The van der Waals surface area contributed by atoms with Gasteiger partial charge in [0.15, 0.2) is 5.78 Å². The van der Waals surface area contributed by atoms with Gasteiger partial charge >= 0.3 is 0 Å². The van der Waals surface area contributed by atoms with Crippen molar-refractivity contribution in [2.45, 2.75) is 78.2 Å². The Bertz CT molecular complexity index is 676. The summed E-state index contributed by atoms with van der Waals surface area (Å²) in [5, 5.41) is 19.3. The van der Waals surface area contributed by atoms with Gasteiger partial charge in [-0.15, -0.1) is 0 Å². The number of aliphatic hydroxyl groups is 1. The van der Waals surface area contributed by atoms with E-state index in [2.05, 4.69) is 26.8 Å². The van der Waals surface area contributed by atoms with Crippen LogP contribution >= 0.6 is 0 Å². The summed E-state index contributed by atoms with van der Waals surface area (Å²) in [4.78, 5) is 11.9.